The van der Waals surface area contributed by atoms with Gasteiger partial charge in [-0.2, -0.15) is 0 Å². The van der Waals surface area contributed by atoms with Crippen molar-refractivity contribution < 1.29 is 9.47 Å². The highest BCUT2D eigenvalue weighted by Crippen LogP contribution is 2.36. The highest BCUT2D eigenvalue weighted by Gasteiger charge is 2.18. The van der Waals surface area contributed by atoms with Crippen LogP contribution in [0.25, 0.3) is 5.69 Å². The van der Waals surface area contributed by atoms with Crippen LogP contribution in [0.15, 0.2) is 57.0 Å². The van der Waals surface area contributed by atoms with Crippen molar-refractivity contribution in [1.29, 1.82) is 0 Å². The molecule has 0 amide bonds. The Kier molecular flexibility index (Phi) is 5.81. The topological polar surface area (TPSA) is 49.2 Å². The Labute approximate surface area is 172 Å². The molecule has 0 aliphatic carbocycles. The molecule has 0 radical (unpaired) electrons. The quantitative estimate of drug-likeness (QED) is 0.516. The molecule has 3 rings (SSSR count). The third-order valence-corrected chi connectivity index (χ3v) is 6.09. The largest absolute Gasteiger partial charge is 0.497 e. The number of ether oxygens (including phenoxy) is 2. The molecule has 1 heterocycles. The normalized spacial score (nSPS) is 11.5. The SMILES string of the molecule is COc1ccc(OC)c(-n2nnc(Sc3ccc(C(C)(C)C)cc3)c2Br)c1. The first-order chi connectivity index (χ1) is 12.8. The molecule has 142 valence electrons. The van der Waals surface area contributed by atoms with Crippen LogP contribution < -0.4 is 9.47 Å². The summed E-state index contributed by atoms with van der Waals surface area (Å²) in [5.41, 5.74) is 2.19. The summed E-state index contributed by atoms with van der Waals surface area (Å²) < 4.78 is 13.2. The number of halogens is 1. The van der Waals surface area contributed by atoms with Crippen LogP contribution in [0, 0.1) is 0 Å². The van der Waals surface area contributed by atoms with Gasteiger partial charge in [0.15, 0.2) is 5.03 Å². The molecule has 0 saturated carbocycles. The molecule has 0 aliphatic heterocycles. The predicted molar refractivity (Wildman–Crippen MR) is 111 cm³/mol. The van der Waals surface area contributed by atoms with Crippen molar-refractivity contribution in [3.8, 4) is 17.2 Å². The Morgan fingerprint density at radius 3 is 2.30 bits per heavy atom. The van der Waals surface area contributed by atoms with E-state index < -0.39 is 0 Å². The molecule has 0 saturated heterocycles. The fourth-order valence-electron chi connectivity index (χ4n) is 2.57. The van der Waals surface area contributed by atoms with E-state index in [2.05, 4.69) is 71.3 Å². The van der Waals surface area contributed by atoms with Gasteiger partial charge in [0.25, 0.3) is 0 Å². The summed E-state index contributed by atoms with van der Waals surface area (Å²) in [6.45, 7) is 6.62. The van der Waals surface area contributed by atoms with Crippen molar-refractivity contribution in [2.24, 2.45) is 0 Å². The molecule has 0 atom stereocenters. The molecule has 0 bridgehead atoms. The van der Waals surface area contributed by atoms with Gasteiger partial charge in [0.2, 0.25) is 0 Å². The molecule has 0 spiro atoms. The van der Waals surface area contributed by atoms with Crippen molar-refractivity contribution in [2.75, 3.05) is 14.2 Å². The van der Waals surface area contributed by atoms with E-state index in [1.807, 2.05) is 18.2 Å². The summed E-state index contributed by atoms with van der Waals surface area (Å²) in [5.74, 6) is 1.41. The number of hydrogen-bond acceptors (Lipinski definition) is 5. The van der Waals surface area contributed by atoms with E-state index >= 15 is 0 Å². The Balaban J connectivity index is 1.90. The Morgan fingerprint density at radius 2 is 1.70 bits per heavy atom. The molecule has 3 aromatic rings. The second-order valence-electron chi connectivity index (χ2n) is 7.01. The lowest BCUT2D eigenvalue weighted by atomic mass is 9.87. The molecule has 2 aromatic carbocycles. The fraction of sp³-hybridized carbons (Fsp3) is 0.300. The van der Waals surface area contributed by atoms with Crippen LogP contribution in [0.3, 0.4) is 0 Å². The lowest BCUT2D eigenvalue weighted by Crippen LogP contribution is -2.10. The molecule has 1 aromatic heterocycles. The van der Waals surface area contributed by atoms with Crippen LogP contribution in [0.4, 0.5) is 0 Å². The van der Waals surface area contributed by atoms with Crippen molar-refractivity contribution in [2.45, 2.75) is 36.1 Å². The van der Waals surface area contributed by atoms with Gasteiger partial charge in [0, 0.05) is 11.0 Å². The maximum absolute atomic E-state index is 5.45. The predicted octanol–water partition coefficient (Wildman–Crippen LogP) is 5.50. The number of nitrogens with zero attached hydrogens (tertiary/aromatic N) is 3. The first-order valence-corrected chi connectivity index (χ1v) is 10.1. The summed E-state index contributed by atoms with van der Waals surface area (Å²) in [6, 6.07) is 14.1. The van der Waals surface area contributed by atoms with E-state index in [-0.39, 0.29) is 5.41 Å². The first kappa shape index (κ1) is 19.8. The van der Waals surface area contributed by atoms with Gasteiger partial charge < -0.3 is 9.47 Å². The van der Waals surface area contributed by atoms with E-state index in [0.717, 1.165) is 26.0 Å². The number of methoxy groups -OCH3 is 2. The standard InChI is InChI=1S/C20H22BrN3O2S/c1-20(2,3)13-6-9-15(10-7-13)27-19-18(21)24(23-22-19)16-12-14(25-4)8-11-17(16)26-5/h6-12H,1-5H3. The van der Waals surface area contributed by atoms with Crippen LogP contribution in [0.1, 0.15) is 26.3 Å². The van der Waals surface area contributed by atoms with Crippen molar-refractivity contribution in [1.82, 2.24) is 15.0 Å². The summed E-state index contributed by atoms with van der Waals surface area (Å²) in [5, 5.41) is 9.39. The maximum atomic E-state index is 5.45. The second kappa shape index (κ2) is 7.94. The Bertz CT molecular complexity index is 933. The molecule has 0 N–H and O–H groups in total. The van der Waals surface area contributed by atoms with Gasteiger partial charge in [0.05, 0.1) is 14.2 Å². The zero-order valence-electron chi connectivity index (χ0n) is 16.0. The molecule has 0 aliphatic rings. The minimum Gasteiger partial charge on any atom is -0.497 e. The van der Waals surface area contributed by atoms with Gasteiger partial charge >= 0.3 is 0 Å². The zero-order valence-corrected chi connectivity index (χ0v) is 18.4. The van der Waals surface area contributed by atoms with E-state index in [1.165, 1.54) is 5.56 Å². The highest BCUT2D eigenvalue weighted by molar-refractivity contribution is 9.10. The molecular weight excluding hydrogens is 426 g/mol. The lowest BCUT2D eigenvalue weighted by Gasteiger charge is -2.18. The van der Waals surface area contributed by atoms with E-state index in [0.29, 0.717) is 5.75 Å². The van der Waals surface area contributed by atoms with Crippen molar-refractivity contribution in [3.63, 3.8) is 0 Å². The smallest absolute Gasteiger partial charge is 0.158 e. The molecule has 5 nitrogen and oxygen atoms in total. The second-order valence-corrected chi connectivity index (χ2v) is 8.82. The van der Waals surface area contributed by atoms with Crippen LogP contribution in [0.5, 0.6) is 11.5 Å². The van der Waals surface area contributed by atoms with Gasteiger partial charge in [-0.15, -0.1) is 5.10 Å². The summed E-state index contributed by atoms with van der Waals surface area (Å²) in [4.78, 5) is 1.10. The number of aromatic nitrogens is 3. The van der Waals surface area contributed by atoms with Crippen LogP contribution in [-0.2, 0) is 5.41 Å². The van der Waals surface area contributed by atoms with E-state index in [1.54, 1.807) is 30.7 Å². The van der Waals surface area contributed by atoms with Gasteiger partial charge in [-0.1, -0.05) is 49.9 Å². The minimum absolute atomic E-state index is 0.135. The number of rotatable bonds is 5. The first-order valence-electron chi connectivity index (χ1n) is 8.45. The average molecular weight is 448 g/mol. The molecule has 0 fully saturated rings. The number of benzene rings is 2. The monoisotopic (exact) mass is 447 g/mol. The lowest BCUT2D eigenvalue weighted by molar-refractivity contribution is 0.400. The summed E-state index contributed by atoms with van der Waals surface area (Å²) in [6.07, 6.45) is 0. The van der Waals surface area contributed by atoms with Gasteiger partial charge in [-0.25, -0.2) is 4.68 Å². The Hall–Kier alpha value is -1.99. The number of hydrogen-bond donors (Lipinski definition) is 0. The molecule has 27 heavy (non-hydrogen) atoms. The van der Waals surface area contributed by atoms with Crippen molar-refractivity contribution in [3.05, 3.63) is 52.6 Å². The van der Waals surface area contributed by atoms with Gasteiger partial charge in [-0.05, 0) is 51.2 Å². The summed E-state index contributed by atoms with van der Waals surface area (Å²) in [7, 11) is 3.26. The third kappa shape index (κ3) is 4.30. The fourth-order valence-corrected chi connectivity index (χ4v) is 3.90. The third-order valence-electron chi connectivity index (χ3n) is 4.14. The molecule has 7 heteroatoms. The zero-order chi connectivity index (χ0) is 19.6. The molecular formula is C20H22BrN3O2S. The van der Waals surface area contributed by atoms with E-state index in [4.69, 9.17) is 9.47 Å². The van der Waals surface area contributed by atoms with Crippen LogP contribution >= 0.6 is 27.7 Å². The van der Waals surface area contributed by atoms with E-state index in [9.17, 15) is 0 Å². The minimum atomic E-state index is 0.135. The van der Waals surface area contributed by atoms with Gasteiger partial charge in [-0.3, -0.25) is 0 Å². The Morgan fingerprint density at radius 1 is 1.00 bits per heavy atom. The maximum Gasteiger partial charge on any atom is 0.158 e. The highest BCUT2D eigenvalue weighted by atomic mass is 79.9. The van der Waals surface area contributed by atoms with Gasteiger partial charge in [0.1, 0.15) is 21.8 Å². The van der Waals surface area contributed by atoms with Crippen molar-refractivity contribution >= 4 is 27.7 Å². The van der Waals surface area contributed by atoms with Crippen LogP contribution in [0.2, 0.25) is 0 Å². The van der Waals surface area contributed by atoms with Crippen LogP contribution in [-0.4, -0.2) is 29.2 Å². The molecule has 0 unspecified atom stereocenters. The summed E-state index contributed by atoms with van der Waals surface area (Å²) >= 11 is 5.18. The average Bonchev–Trinajstić information content (AvgIpc) is 3.01.